The zero-order valence-corrected chi connectivity index (χ0v) is 22.2. The molecule has 0 heteroatoms. The van der Waals surface area contributed by atoms with Gasteiger partial charge in [0.1, 0.15) is 0 Å². The topological polar surface area (TPSA) is 0 Å². The highest BCUT2D eigenvalue weighted by Crippen LogP contribution is 2.48. The van der Waals surface area contributed by atoms with E-state index in [0.717, 1.165) is 6.42 Å². The third-order valence-electron chi connectivity index (χ3n) is 8.64. The molecule has 1 aliphatic rings. The molecule has 0 amide bonds. The van der Waals surface area contributed by atoms with Crippen LogP contribution < -0.4 is 0 Å². The molecule has 1 aliphatic carbocycles. The van der Waals surface area contributed by atoms with Crippen molar-refractivity contribution >= 4 is 48.7 Å². The Labute approximate surface area is 234 Å². The van der Waals surface area contributed by atoms with E-state index in [2.05, 4.69) is 152 Å². The van der Waals surface area contributed by atoms with E-state index in [9.17, 15) is 0 Å². The molecule has 0 saturated heterocycles. The summed E-state index contributed by atoms with van der Waals surface area (Å²) >= 11 is 0. The minimum absolute atomic E-state index is 0.284. The molecule has 0 saturated carbocycles. The molecule has 0 radical (unpaired) electrons. The fraction of sp³-hybridized carbons (Fsp3) is 0.0500. The van der Waals surface area contributed by atoms with Gasteiger partial charge in [0.15, 0.2) is 0 Å². The highest BCUT2D eigenvalue weighted by Gasteiger charge is 2.25. The molecule has 8 rings (SSSR count). The van der Waals surface area contributed by atoms with Crippen molar-refractivity contribution in [1.82, 2.24) is 0 Å². The lowest BCUT2D eigenvalue weighted by Gasteiger charge is -2.27. The predicted octanol–water partition coefficient (Wildman–Crippen LogP) is 11.1. The Hall–Kier alpha value is -4.94. The van der Waals surface area contributed by atoms with Gasteiger partial charge in [-0.05, 0) is 77.3 Å². The van der Waals surface area contributed by atoms with Gasteiger partial charge < -0.3 is 0 Å². The maximum absolute atomic E-state index is 2.36. The number of allylic oxidation sites excluding steroid dienone is 4. The molecule has 7 aromatic carbocycles. The summed E-state index contributed by atoms with van der Waals surface area (Å²) in [6, 6.07) is 49.1. The highest BCUT2D eigenvalue weighted by atomic mass is 14.3. The van der Waals surface area contributed by atoms with Gasteiger partial charge in [0, 0.05) is 5.92 Å². The zero-order chi connectivity index (χ0) is 26.5. The van der Waals surface area contributed by atoms with Gasteiger partial charge in [0.25, 0.3) is 0 Å². The van der Waals surface area contributed by atoms with Gasteiger partial charge in [-0.2, -0.15) is 0 Å². The Morgan fingerprint density at radius 1 is 0.425 bits per heavy atom. The zero-order valence-electron chi connectivity index (χ0n) is 22.2. The van der Waals surface area contributed by atoms with E-state index in [1.165, 1.54) is 70.9 Å². The van der Waals surface area contributed by atoms with Crippen molar-refractivity contribution in [3.63, 3.8) is 0 Å². The van der Waals surface area contributed by atoms with Crippen LogP contribution >= 0.6 is 0 Å². The van der Waals surface area contributed by atoms with Crippen LogP contribution in [0.2, 0.25) is 0 Å². The van der Waals surface area contributed by atoms with Gasteiger partial charge in [-0.1, -0.05) is 152 Å². The summed E-state index contributed by atoms with van der Waals surface area (Å²) in [5, 5.41) is 10.5. The first kappa shape index (κ1) is 23.0. The smallest absolute Gasteiger partial charge is 0.0136 e. The summed E-state index contributed by atoms with van der Waals surface area (Å²) < 4.78 is 0. The van der Waals surface area contributed by atoms with E-state index in [0.29, 0.717) is 0 Å². The molecule has 0 spiro atoms. The van der Waals surface area contributed by atoms with Gasteiger partial charge in [-0.25, -0.2) is 0 Å². The van der Waals surface area contributed by atoms with E-state index in [4.69, 9.17) is 0 Å². The Bertz CT molecular complexity index is 2070. The molecule has 40 heavy (non-hydrogen) atoms. The van der Waals surface area contributed by atoms with Gasteiger partial charge in [0.2, 0.25) is 0 Å². The SMILES string of the molecule is C1=CCC(c2cccc3ccccc23)C(c2c3ccccc3c(-c3cccc4ccccc34)c3ccccc23)=C1. The molecule has 0 aliphatic heterocycles. The monoisotopic (exact) mass is 508 g/mol. The van der Waals surface area contributed by atoms with Crippen molar-refractivity contribution < 1.29 is 0 Å². The molecule has 0 aromatic heterocycles. The summed E-state index contributed by atoms with van der Waals surface area (Å²) in [7, 11) is 0. The van der Waals surface area contributed by atoms with Crippen LogP contribution in [0.4, 0.5) is 0 Å². The fourth-order valence-electron chi connectivity index (χ4n) is 6.91. The molecule has 0 N–H and O–H groups in total. The first-order chi connectivity index (χ1) is 19.9. The van der Waals surface area contributed by atoms with Crippen LogP contribution in [0.1, 0.15) is 23.5 Å². The third-order valence-corrected chi connectivity index (χ3v) is 8.64. The fourth-order valence-corrected chi connectivity index (χ4v) is 6.91. The lowest BCUT2D eigenvalue weighted by atomic mass is 9.76. The summed E-state index contributed by atoms with van der Waals surface area (Å²) in [6.07, 6.45) is 7.93. The van der Waals surface area contributed by atoms with E-state index >= 15 is 0 Å². The summed E-state index contributed by atoms with van der Waals surface area (Å²) in [5.41, 5.74) is 6.77. The largest absolute Gasteiger partial charge is 0.0836 e. The highest BCUT2D eigenvalue weighted by molar-refractivity contribution is 6.21. The Morgan fingerprint density at radius 3 is 1.60 bits per heavy atom. The molecule has 1 atom stereocenters. The second-order valence-corrected chi connectivity index (χ2v) is 10.8. The first-order valence-corrected chi connectivity index (χ1v) is 14.1. The summed E-state index contributed by atoms with van der Waals surface area (Å²) in [4.78, 5) is 0. The van der Waals surface area contributed by atoms with E-state index in [-0.39, 0.29) is 5.92 Å². The van der Waals surface area contributed by atoms with Crippen LogP contribution in [0.3, 0.4) is 0 Å². The maximum Gasteiger partial charge on any atom is 0.0136 e. The Morgan fingerprint density at radius 2 is 0.925 bits per heavy atom. The van der Waals surface area contributed by atoms with Crippen molar-refractivity contribution in [3.05, 3.63) is 163 Å². The number of hydrogen-bond donors (Lipinski definition) is 0. The van der Waals surface area contributed by atoms with Gasteiger partial charge in [-0.15, -0.1) is 0 Å². The van der Waals surface area contributed by atoms with Crippen LogP contribution in [0, 0.1) is 0 Å². The lowest BCUT2D eigenvalue weighted by molar-refractivity contribution is 0.885. The molecular weight excluding hydrogens is 480 g/mol. The van der Waals surface area contributed by atoms with Crippen LogP contribution in [0.15, 0.2) is 152 Å². The summed E-state index contributed by atoms with van der Waals surface area (Å²) in [6.45, 7) is 0. The van der Waals surface area contributed by atoms with Crippen LogP contribution in [-0.4, -0.2) is 0 Å². The number of benzene rings is 7. The second-order valence-electron chi connectivity index (χ2n) is 10.8. The quantitative estimate of drug-likeness (QED) is 0.208. The van der Waals surface area contributed by atoms with Crippen molar-refractivity contribution in [1.29, 1.82) is 0 Å². The average molecular weight is 509 g/mol. The molecule has 0 heterocycles. The number of hydrogen-bond acceptors (Lipinski definition) is 0. The Balaban J connectivity index is 1.46. The number of fused-ring (bicyclic) bond motifs is 4. The van der Waals surface area contributed by atoms with E-state index < -0.39 is 0 Å². The molecule has 0 fully saturated rings. The standard InChI is InChI=1S/C40H28/c1-3-17-29-27(13-1)15-11-25-31(29)32-19-5-6-20-34(32)40-37-23-9-7-21-35(37)39(36-22-8-10-24-38(36)40)33-26-12-16-28-14-2-4-18-30(28)33/h1-18,20-26,32H,19H2. The van der Waals surface area contributed by atoms with E-state index in [1.807, 2.05) is 0 Å². The van der Waals surface area contributed by atoms with E-state index in [1.54, 1.807) is 0 Å². The van der Waals surface area contributed by atoms with Crippen LogP contribution in [0.25, 0.3) is 59.8 Å². The van der Waals surface area contributed by atoms with Crippen molar-refractivity contribution in [2.24, 2.45) is 0 Å². The minimum atomic E-state index is 0.284. The molecular formula is C40H28. The van der Waals surface area contributed by atoms with Gasteiger partial charge in [-0.3, -0.25) is 0 Å². The summed E-state index contributed by atoms with van der Waals surface area (Å²) in [5.74, 6) is 0.284. The number of rotatable bonds is 3. The van der Waals surface area contributed by atoms with Crippen molar-refractivity contribution in [2.75, 3.05) is 0 Å². The first-order valence-electron chi connectivity index (χ1n) is 14.1. The molecule has 0 bridgehead atoms. The van der Waals surface area contributed by atoms with Crippen molar-refractivity contribution in [3.8, 4) is 11.1 Å². The second kappa shape index (κ2) is 9.36. The van der Waals surface area contributed by atoms with Crippen LogP contribution in [0.5, 0.6) is 0 Å². The van der Waals surface area contributed by atoms with Gasteiger partial charge >= 0.3 is 0 Å². The third kappa shape index (κ3) is 3.53. The molecule has 7 aromatic rings. The minimum Gasteiger partial charge on any atom is -0.0836 e. The predicted molar refractivity (Wildman–Crippen MR) is 173 cm³/mol. The molecule has 188 valence electrons. The van der Waals surface area contributed by atoms with Crippen LogP contribution in [-0.2, 0) is 0 Å². The molecule has 1 unspecified atom stereocenters. The Kier molecular flexibility index (Phi) is 5.38. The average Bonchev–Trinajstić information content (AvgIpc) is 3.03. The molecule has 0 nitrogen and oxygen atoms in total. The van der Waals surface area contributed by atoms with Gasteiger partial charge in [0.05, 0.1) is 0 Å². The lowest BCUT2D eigenvalue weighted by Crippen LogP contribution is -2.06. The maximum atomic E-state index is 2.36. The normalized spacial score (nSPS) is 15.2. The van der Waals surface area contributed by atoms with Crippen molar-refractivity contribution in [2.45, 2.75) is 12.3 Å².